The van der Waals surface area contributed by atoms with Crippen LogP contribution in [0.25, 0.3) is 0 Å². The molecule has 12 heteroatoms. The Kier molecular flexibility index (Phi) is 13.4. The van der Waals surface area contributed by atoms with Gasteiger partial charge in [-0.15, -0.1) is 0 Å². The summed E-state index contributed by atoms with van der Waals surface area (Å²) in [6.45, 7) is 2.92. The highest BCUT2D eigenvalue weighted by molar-refractivity contribution is 6.34. The Morgan fingerprint density at radius 1 is 0.800 bits per heavy atom. The second-order valence-electron chi connectivity index (χ2n) is 13.0. The summed E-state index contributed by atoms with van der Waals surface area (Å²) in [5, 5.41) is 5.65. The number of hydrogen-bond donors (Lipinski definition) is 2. The van der Waals surface area contributed by atoms with Gasteiger partial charge in [0.05, 0.1) is 17.1 Å². The van der Waals surface area contributed by atoms with Crippen molar-refractivity contribution in [1.29, 1.82) is 0 Å². The molecule has 5 aromatic rings. The van der Waals surface area contributed by atoms with Crippen molar-refractivity contribution in [1.82, 2.24) is 5.32 Å². The van der Waals surface area contributed by atoms with Gasteiger partial charge in [0.25, 0.3) is 5.91 Å². The third-order valence-electron chi connectivity index (χ3n) is 8.76. The van der Waals surface area contributed by atoms with E-state index in [0.717, 1.165) is 18.1 Å². The number of benzene rings is 5. The van der Waals surface area contributed by atoms with Gasteiger partial charge in [-0.2, -0.15) is 8.78 Å². The van der Waals surface area contributed by atoms with Crippen LogP contribution in [-0.4, -0.2) is 43.1 Å². The molecule has 55 heavy (non-hydrogen) atoms. The van der Waals surface area contributed by atoms with E-state index in [1.165, 1.54) is 29.2 Å². The van der Waals surface area contributed by atoms with Crippen LogP contribution in [0.1, 0.15) is 45.1 Å². The zero-order valence-corrected chi connectivity index (χ0v) is 31.2. The van der Waals surface area contributed by atoms with Crippen LogP contribution < -0.4 is 15.5 Å². The van der Waals surface area contributed by atoms with Gasteiger partial charge in [-0.25, -0.2) is 9.59 Å². The van der Waals surface area contributed by atoms with E-state index >= 15 is 8.78 Å². The summed E-state index contributed by atoms with van der Waals surface area (Å²) in [6, 6.07) is 33.3. The second-order valence-corrected chi connectivity index (χ2v) is 13.4. The molecule has 5 aromatic carbocycles. The van der Waals surface area contributed by atoms with Gasteiger partial charge in [-0.3, -0.25) is 9.59 Å². The van der Waals surface area contributed by atoms with E-state index in [9.17, 15) is 19.2 Å². The topological polar surface area (TPSA) is 114 Å². The second kappa shape index (κ2) is 18.3. The highest BCUT2D eigenvalue weighted by Crippen LogP contribution is 2.34. The average molecular weight is 768 g/mol. The van der Waals surface area contributed by atoms with Crippen molar-refractivity contribution in [2.45, 2.75) is 51.4 Å². The number of aryl methyl sites for hydroxylation is 1. The molecule has 0 radical (unpaired) electrons. The molecule has 0 aliphatic heterocycles. The molecule has 0 fully saturated rings. The van der Waals surface area contributed by atoms with Gasteiger partial charge in [0.2, 0.25) is 5.91 Å². The Morgan fingerprint density at radius 2 is 1.42 bits per heavy atom. The van der Waals surface area contributed by atoms with Crippen molar-refractivity contribution in [3.8, 4) is 0 Å². The van der Waals surface area contributed by atoms with Gasteiger partial charge < -0.3 is 25.0 Å². The molecule has 284 valence electrons. The lowest BCUT2D eigenvalue weighted by molar-refractivity contribution is -0.175. The molecule has 0 saturated carbocycles. The van der Waals surface area contributed by atoms with Gasteiger partial charge in [0.15, 0.2) is 6.10 Å². The molecule has 5 rings (SSSR count). The maximum Gasteiger partial charge on any atom is 0.408 e. The Bertz CT molecular complexity index is 2100. The minimum atomic E-state index is -3.61. The van der Waals surface area contributed by atoms with Gasteiger partial charge in [-0.05, 0) is 72.5 Å². The predicted octanol–water partition coefficient (Wildman–Crippen LogP) is 8.67. The van der Waals surface area contributed by atoms with Crippen LogP contribution >= 0.6 is 11.6 Å². The first kappa shape index (κ1) is 40.1. The van der Waals surface area contributed by atoms with E-state index in [4.69, 9.17) is 21.1 Å². The number of carbonyl (C=O) groups is 4. The molecule has 3 amide bonds. The first-order chi connectivity index (χ1) is 26.3. The number of amides is 3. The van der Waals surface area contributed by atoms with E-state index in [2.05, 4.69) is 10.6 Å². The summed E-state index contributed by atoms with van der Waals surface area (Å²) in [4.78, 5) is 53.1. The number of nitrogens with one attached hydrogen (secondary N) is 2. The smallest absolute Gasteiger partial charge is 0.408 e. The lowest BCUT2D eigenvalue weighted by Gasteiger charge is -2.26. The van der Waals surface area contributed by atoms with Crippen molar-refractivity contribution in [3.05, 3.63) is 166 Å². The molecule has 2 atom stereocenters. The maximum absolute atomic E-state index is 15.6. The Balaban J connectivity index is 1.16. The van der Waals surface area contributed by atoms with E-state index in [-0.39, 0.29) is 25.4 Å². The van der Waals surface area contributed by atoms with Crippen molar-refractivity contribution in [2.24, 2.45) is 0 Å². The Morgan fingerprint density at radius 3 is 2.04 bits per heavy atom. The molecule has 9 nitrogen and oxygen atoms in total. The fourth-order valence-corrected chi connectivity index (χ4v) is 6.00. The summed E-state index contributed by atoms with van der Waals surface area (Å²) in [5.41, 5.74) is 3.80. The Hall–Kier alpha value is -6.07. The number of alkyl carbamates (subject to hydrolysis) is 1. The molecule has 0 heterocycles. The molecule has 0 aliphatic rings. The third-order valence-corrected chi connectivity index (χ3v) is 9.07. The quantitative estimate of drug-likeness (QED) is 0.109. The van der Waals surface area contributed by atoms with Crippen LogP contribution in [0.4, 0.5) is 25.0 Å². The van der Waals surface area contributed by atoms with Gasteiger partial charge in [0, 0.05) is 30.3 Å². The number of anilines is 2. The Labute approximate surface area is 323 Å². The highest BCUT2D eigenvalue weighted by atomic mass is 35.5. The number of carbonyl (C=O) groups excluding carboxylic acids is 4. The summed E-state index contributed by atoms with van der Waals surface area (Å²) >= 11 is 6.33. The molecular formula is C43H40ClF2N3O6. The standard InChI is InChI=1S/C43H40ClF2N3O6/c1-28-14-23-38(36(44)24-28)49(3)40(51)33-17-21-35(22-18-33)47-39(50)26-31-15-19-34(20-16-31)43(45,46)29(2)55-41(52)37(25-30-10-6-4-7-11-30)48-42(53)54-27-32-12-8-5-9-13-32/h4-24,29,37H,25-27H2,1-3H3,(H,47,50)(H,48,53). The number of esters is 1. The van der Waals surface area contributed by atoms with Crippen molar-refractivity contribution in [2.75, 3.05) is 17.3 Å². The first-order valence-electron chi connectivity index (χ1n) is 17.4. The molecule has 0 aliphatic carbocycles. The predicted molar refractivity (Wildman–Crippen MR) is 207 cm³/mol. The maximum atomic E-state index is 15.6. The minimum absolute atomic E-state index is 0.0158. The van der Waals surface area contributed by atoms with E-state index < -0.39 is 41.6 Å². The van der Waals surface area contributed by atoms with Crippen molar-refractivity contribution < 1.29 is 37.4 Å². The summed E-state index contributed by atoms with van der Waals surface area (Å²) in [7, 11) is 1.62. The summed E-state index contributed by atoms with van der Waals surface area (Å²) < 4.78 is 41.7. The van der Waals surface area contributed by atoms with Crippen molar-refractivity contribution >= 4 is 46.9 Å². The fraction of sp³-hybridized carbons (Fsp3) is 0.209. The van der Waals surface area contributed by atoms with E-state index in [1.807, 2.05) is 19.1 Å². The molecule has 2 unspecified atom stereocenters. The molecule has 0 aromatic heterocycles. The number of hydrogen-bond acceptors (Lipinski definition) is 6. The van der Waals surface area contributed by atoms with Gasteiger partial charge in [0.1, 0.15) is 12.6 Å². The molecule has 0 spiro atoms. The monoisotopic (exact) mass is 767 g/mol. The largest absolute Gasteiger partial charge is 0.454 e. The lowest BCUT2D eigenvalue weighted by atomic mass is 10.0. The van der Waals surface area contributed by atoms with Crippen molar-refractivity contribution in [3.63, 3.8) is 0 Å². The van der Waals surface area contributed by atoms with Gasteiger partial charge in [-0.1, -0.05) is 103 Å². The number of rotatable bonds is 14. The first-order valence-corrected chi connectivity index (χ1v) is 17.8. The highest BCUT2D eigenvalue weighted by Gasteiger charge is 2.42. The van der Waals surface area contributed by atoms with E-state index in [1.54, 1.807) is 98.0 Å². The van der Waals surface area contributed by atoms with Crippen LogP contribution in [0.3, 0.4) is 0 Å². The molecule has 0 saturated heterocycles. The lowest BCUT2D eigenvalue weighted by Crippen LogP contribution is -2.46. The third kappa shape index (κ3) is 11.0. The zero-order chi connectivity index (χ0) is 39.5. The van der Waals surface area contributed by atoms with Crippen LogP contribution in [0.5, 0.6) is 0 Å². The number of ether oxygens (including phenoxy) is 2. The van der Waals surface area contributed by atoms with Crippen LogP contribution in [-0.2, 0) is 44.4 Å². The molecular weight excluding hydrogens is 728 g/mol. The van der Waals surface area contributed by atoms with Crippen LogP contribution in [0.15, 0.2) is 127 Å². The van der Waals surface area contributed by atoms with Gasteiger partial charge >= 0.3 is 18.0 Å². The van der Waals surface area contributed by atoms with Crippen LogP contribution in [0.2, 0.25) is 5.02 Å². The minimum Gasteiger partial charge on any atom is -0.454 e. The average Bonchev–Trinajstić information content (AvgIpc) is 3.17. The molecule has 2 N–H and O–H groups in total. The fourth-order valence-electron chi connectivity index (χ4n) is 5.63. The summed E-state index contributed by atoms with van der Waals surface area (Å²) in [6.07, 6.45) is -2.93. The number of halogens is 3. The zero-order valence-electron chi connectivity index (χ0n) is 30.4. The normalized spacial score (nSPS) is 12.2. The number of nitrogens with zero attached hydrogens (tertiary/aromatic N) is 1. The summed E-state index contributed by atoms with van der Waals surface area (Å²) in [5.74, 6) is -5.35. The SMILES string of the molecule is Cc1ccc(N(C)C(=O)c2ccc(NC(=O)Cc3ccc(C(F)(F)C(C)OC(=O)C(Cc4ccccc4)NC(=O)OCc4ccccc4)cc3)cc2)c(Cl)c1. The number of alkyl halides is 2. The molecule has 0 bridgehead atoms. The van der Waals surface area contributed by atoms with Crippen LogP contribution in [0, 0.1) is 6.92 Å². The van der Waals surface area contributed by atoms with E-state index in [0.29, 0.717) is 33.1 Å².